The van der Waals surface area contributed by atoms with E-state index < -0.39 is 11.6 Å². The molecule has 0 amide bonds. The van der Waals surface area contributed by atoms with Crippen LogP contribution in [0, 0.1) is 11.6 Å². The molecule has 0 saturated carbocycles. The smallest absolute Gasteiger partial charge is 0.202 e. The van der Waals surface area contributed by atoms with Gasteiger partial charge in [0.05, 0.1) is 16.1 Å². The van der Waals surface area contributed by atoms with Crippen LogP contribution >= 0.6 is 15.9 Å². The molecule has 0 spiro atoms. The average molecular weight is 279 g/mol. The highest BCUT2D eigenvalue weighted by atomic mass is 79.9. The van der Waals surface area contributed by atoms with Crippen LogP contribution in [0.2, 0.25) is 0 Å². The lowest BCUT2D eigenvalue weighted by Gasteiger charge is -2.13. The van der Waals surface area contributed by atoms with Crippen LogP contribution in [0.25, 0.3) is 0 Å². The van der Waals surface area contributed by atoms with Crippen molar-refractivity contribution >= 4 is 22.2 Å². The van der Waals surface area contributed by atoms with Crippen LogP contribution < -0.4 is 4.74 Å². The van der Waals surface area contributed by atoms with Crippen molar-refractivity contribution in [2.24, 2.45) is 0 Å². The average Bonchev–Trinajstić information content (AvgIpc) is 2.18. The highest BCUT2D eigenvalue weighted by Gasteiger charge is 2.19. The molecule has 0 bridgehead atoms. The van der Waals surface area contributed by atoms with Crippen LogP contribution in [0.3, 0.4) is 0 Å². The summed E-state index contributed by atoms with van der Waals surface area (Å²) < 4.78 is 31.5. The Kier molecular flexibility index (Phi) is 3.79. The van der Waals surface area contributed by atoms with Crippen LogP contribution in [0.15, 0.2) is 10.5 Å². The second-order valence-corrected chi connectivity index (χ2v) is 4.04. The van der Waals surface area contributed by atoms with E-state index in [-0.39, 0.29) is 21.9 Å². The molecule has 2 nitrogen and oxygen atoms in total. The van der Waals surface area contributed by atoms with Crippen molar-refractivity contribution in [1.82, 2.24) is 0 Å². The van der Waals surface area contributed by atoms with E-state index in [0.717, 1.165) is 0 Å². The fourth-order valence-corrected chi connectivity index (χ4v) is 1.46. The number of carbonyl (C=O) groups is 1. The van der Waals surface area contributed by atoms with Crippen molar-refractivity contribution in [2.45, 2.75) is 20.0 Å². The summed E-state index contributed by atoms with van der Waals surface area (Å²) in [6.45, 7) is 3.32. The minimum atomic E-state index is -1.15. The lowest BCUT2D eigenvalue weighted by atomic mass is 10.2. The third-order valence-electron chi connectivity index (χ3n) is 1.63. The predicted octanol–water partition coefficient (Wildman–Crippen LogP) is 3.33. The predicted molar refractivity (Wildman–Crippen MR) is 55.2 cm³/mol. The summed E-state index contributed by atoms with van der Waals surface area (Å²) in [5, 5.41) is 0. The quantitative estimate of drug-likeness (QED) is 0.626. The molecule has 0 aromatic heterocycles. The maximum atomic E-state index is 13.4. The molecule has 0 aliphatic rings. The summed E-state index contributed by atoms with van der Waals surface area (Å²) in [4.78, 5) is 10.6. The fraction of sp³-hybridized carbons (Fsp3) is 0.300. The maximum absolute atomic E-state index is 13.4. The van der Waals surface area contributed by atoms with Gasteiger partial charge in [-0.15, -0.1) is 0 Å². The van der Waals surface area contributed by atoms with Crippen LogP contribution in [-0.2, 0) is 0 Å². The molecule has 1 aromatic carbocycles. The van der Waals surface area contributed by atoms with Crippen molar-refractivity contribution in [1.29, 1.82) is 0 Å². The Labute approximate surface area is 94.4 Å². The fourth-order valence-electron chi connectivity index (χ4n) is 1.04. The van der Waals surface area contributed by atoms with Gasteiger partial charge in [-0.05, 0) is 35.8 Å². The summed E-state index contributed by atoms with van der Waals surface area (Å²) >= 11 is 2.81. The summed E-state index contributed by atoms with van der Waals surface area (Å²) in [5.41, 5.74) is -0.0190. The molecule has 1 rings (SSSR count). The molecule has 0 heterocycles. The largest absolute Gasteiger partial charge is 0.487 e. The minimum absolute atomic E-state index is 0.0190. The SMILES string of the molecule is CC(C)Oc1c(C=O)cc(Br)c(F)c1F. The number of benzene rings is 1. The monoisotopic (exact) mass is 278 g/mol. The van der Waals surface area contributed by atoms with Crippen molar-refractivity contribution in [3.8, 4) is 5.75 Å². The highest BCUT2D eigenvalue weighted by molar-refractivity contribution is 9.10. The van der Waals surface area contributed by atoms with E-state index in [1.54, 1.807) is 13.8 Å². The molecule has 0 N–H and O–H groups in total. The van der Waals surface area contributed by atoms with E-state index in [1.165, 1.54) is 6.07 Å². The molecule has 5 heteroatoms. The molecular formula is C10H9BrF2O2. The van der Waals surface area contributed by atoms with E-state index in [4.69, 9.17) is 4.74 Å². The number of aldehydes is 1. The molecule has 0 saturated heterocycles. The Morgan fingerprint density at radius 2 is 2.00 bits per heavy atom. The van der Waals surface area contributed by atoms with Gasteiger partial charge in [0.25, 0.3) is 0 Å². The number of ether oxygens (including phenoxy) is 1. The number of halogens is 3. The Morgan fingerprint density at radius 1 is 1.40 bits per heavy atom. The molecule has 0 radical (unpaired) electrons. The van der Waals surface area contributed by atoms with Crippen LogP contribution in [0.4, 0.5) is 8.78 Å². The van der Waals surface area contributed by atoms with Gasteiger partial charge in [0, 0.05) is 0 Å². The highest BCUT2D eigenvalue weighted by Crippen LogP contribution is 2.30. The van der Waals surface area contributed by atoms with Crippen molar-refractivity contribution in [3.63, 3.8) is 0 Å². The van der Waals surface area contributed by atoms with Gasteiger partial charge in [0.15, 0.2) is 17.9 Å². The first kappa shape index (κ1) is 12.1. The lowest BCUT2D eigenvalue weighted by molar-refractivity contribution is 0.111. The third-order valence-corrected chi connectivity index (χ3v) is 2.20. The van der Waals surface area contributed by atoms with E-state index in [1.807, 2.05) is 0 Å². The summed E-state index contributed by atoms with van der Waals surface area (Å²) in [6, 6.07) is 1.18. The number of carbonyl (C=O) groups excluding carboxylic acids is 1. The second kappa shape index (κ2) is 4.70. The zero-order valence-corrected chi connectivity index (χ0v) is 9.77. The number of hydrogen-bond donors (Lipinski definition) is 0. The van der Waals surface area contributed by atoms with E-state index >= 15 is 0 Å². The summed E-state index contributed by atoms with van der Waals surface area (Å²) in [7, 11) is 0. The van der Waals surface area contributed by atoms with Gasteiger partial charge < -0.3 is 4.74 Å². The van der Waals surface area contributed by atoms with E-state index in [0.29, 0.717) is 6.29 Å². The van der Waals surface area contributed by atoms with Crippen molar-refractivity contribution in [3.05, 3.63) is 27.7 Å². The molecule has 0 aliphatic heterocycles. The van der Waals surface area contributed by atoms with Gasteiger partial charge in [-0.1, -0.05) is 0 Å². The first-order valence-corrected chi connectivity index (χ1v) is 5.06. The Bertz CT molecular complexity index is 391. The molecular weight excluding hydrogens is 270 g/mol. The minimum Gasteiger partial charge on any atom is -0.487 e. The van der Waals surface area contributed by atoms with Gasteiger partial charge >= 0.3 is 0 Å². The molecule has 0 aliphatic carbocycles. The topological polar surface area (TPSA) is 26.3 Å². The van der Waals surface area contributed by atoms with Gasteiger partial charge in [-0.2, -0.15) is 4.39 Å². The molecule has 0 atom stereocenters. The second-order valence-electron chi connectivity index (χ2n) is 3.19. The standard InChI is InChI=1S/C10H9BrF2O2/c1-5(2)15-10-6(4-14)3-7(11)8(12)9(10)13/h3-5H,1-2H3. The number of hydrogen-bond acceptors (Lipinski definition) is 2. The maximum Gasteiger partial charge on any atom is 0.202 e. The van der Waals surface area contributed by atoms with E-state index in [9.17, 15) is 13.6 Å². The lowest BCUT2D eigenvalue weighted by Crippen LogP contribution is -2.10. The Morgan fingerprint density at radius 3 is 2.47 bits per heavy atom. The summed E-state index contributed by atoms with van der Waals surface area (Å²) in [5.74, 6) is -2.56. The molecule has 0 unspecified atom stereocenters. The molecule has 0 fully saturated rings. The third kappa shape index (κ3) is 2.53. The molecule has 82 valence electrons. The Hall–Kier alpha value is -0.970. The summed E-state index contributed by atoms with van der Waals surface area (Å²) in [6.07, 6.45) is 0.0872. The van der Waals surface area contributed by atoms with Gasteiger partial charge in [0.1, 0.15) is 0 Å². The van der Waals surface area contributed by atoms with Gasteiger partial charge in [0.2, 0.25) is 5.82 Å². The zero-order valence-electron chi connectivity index (χ0n) is 8.18. The first-order valence-electron chi connectivity index (χ1n) is 4.26. The molecule has 1 aromatic rings. The Balaban J connectivity index is 3.33. The van der Waals surface area contributed by atoms with E-state index in [2.05, 4.69) is 15.9 Å². The van der Waals surface area contributed by atoms with Gasteiger partial charge in [-0.3, -0.25) is 4.79 Å². The van der Waals surface area contributed by atoms with Crippen LogP contribution in [0.1, 0.15) is 24.2 Å². The zero-order chi connectivity index (χ0) is 11.6. The first-order chi connectivity index (χ1) is 6.97. The normalized spacial score (nSPS) is 10.5. The van der Waals surface area contributed by atoms with Crippen LogP contribution in [-0.4, -0.2) is 12.4 Å². The number of rotatable bonds is 3. The van der Waals surface area contributed by atoms with Gasteiger partial charge in [-0.25, -0.2) is 4.39 Å². The van der Waals surface area contributed by atoms with Crippen molar-refractivity contribution in [2.75, 3.05) is 0 Å². The van der Waals surface area contributed by atoms with Crippen molar-refractivity contribution < 1.29 is 18.3 Å². The molecule has 15 heavy (non-hydrogen) atoms. The van der Waals surface area contributed by atoms with Crippen LogP contribution in [0.5, 0.6) is 5.75 Å².